The van der Waals surface area contributed by atoms with Gasteiger partial charge in [-0.3, -0.25) is 0 Å². The topological polar surface area (TPSA) is 18.5 Å². The van der Waals surface area contributed by atoms with Gasteiger partial charge in [-0.1, -0.05) is 91.0 Å². The van der Waals surface area contributed by atoms with Crippen molar-refractivity contribution >= 4 is 0 Å². The van der Waals surface area contributed by atoms with E-state index in [2.05, 4.69) is 43.5 Å². The standard InChI is InChI=1S/C20H17O.C5H10O.2ClH.Mn/c1-21-20(17-11-5-2-6-12-17,18-13-7-3-8-14-18)19-15-9-4-10-16-19;1-2-4-6-5-3-1;;;/h2-16H,1H2;1-5H2;2*1H;/q-1;;;;+3/p-2. The molecular weight excluding hydrogens is 458 g/mol. The summed E-state index contributed by atoms with van der Waals surface area (Å²) in [6.07, 6.45) is 3.93. The van der Waals surface area contributed by atoms with Crippen LogP contribution >= 0.6 is 0 Å². The Hall–Kier alpha value is -1.32. The van der Waals surface area contributed by atoms with E-state index in [-0.39, 0.29) is 41.9 Å². The van der Waals surface area contributed by atoms with Crippen LogP contribution in [0.1, 0.15) is 36.0 Å². The molecule has 3 aromatic carbocycles. The van der Waals surface area contributed by atoms with Crippen molar-refractivity contribution < 1.29 is 51.4 Å². The minimum absolute atomic E-state index is 0. The molecule has 0 atom stereocenters. The van der Waals surface area contributed by atoms with E-state index in [0.29, 0.717) is 0 Å². The first-order valence-electron chi connectivity index (χ1n) is 9.55. The third-order valence-electron chi connectivity index (χ3n) is 4.83. The summed E-state index contributed by atoms with van der Waals surface area (Å²) in [5.41, 5.74) is 2.51. The van der Waals surface area contributed by atoms with Crippen LogP contribution < -0.4 is 24.8 Å². The largest absolute Gasteiger partial charge is 3.00 e. The molecule has 30 heavy (non-hydrogen) atoms. The van der Waals surface area contributed by atoms with Gasteiger partial charge in [0.15, 0.2) is 0 Å². The third-order valence-corrected chi connectivity index (χ3v) is 4.83. The van der Waals surface area contributed by atoms with Gasteiger partial charge in [0.2, 0.25) is 0 Å². The van der Waals surface area contributed by atoms with Crippen molar-refractivity contribution in [3.8, 4) is 0 Å². The first-order valence-corrected chi connectivity index (χ1v) is 9.55. The average molecular weight is 485 g/mol. The van der Waals surface area contributed by atoms with Crippen molar-refractivity contribution in [2.75, 3.05) is 13.2 Å². The SMILES string of the molecule is C1CCOCC1.[CH2-]OC(c1ccccc1)(c1ccccc1)c1ccccc1.[Cl-].[Cl-].[Mn+3]. The van der Waals surface area contributed by atoms with Crippen molar-refractivity contribution in [2.24, 2.45) is 0 Å². The Labute approximate surface area is 203 Å². The Morgan fingerprint density at radius 1 is 0.600 bits per heavy atom. The van der Waals surface area contributed by atoms with Crippen molar-refractivity contribution in [1.82, 2.24) is 0 Å². The monoisotopic (exact) mass is 484 g/mol. The van der Waals surface area contributed by atoms with Crippen LogP contribution in [-0.4, -0.2) is 13.2 Å². The Balaban J connectivity index is 0.000000814. The fraction of sp³-hybridized carbons (Fsp3) is 0.240. The molecule has 0 N–H and O–H groups in total. The minimum Gasteiger partial charge on any atom is -1.00 e. The molecule has 1 aliphatic rings. The van der Waals surface area contributed by atoms with Gasteiger partial charge >= 0.3 is 17.1 Å². The van der Waals surface area contributed by atoms with Gasteiger partial charge in [0.05, 0.1) is 0 Å². The third kappa shape index (κ3) is 7.13. The van der Waals surface area contributed by atoms with E-state index in [4.69, 9.17) is 9.47 Å². The summed E-state index contributed by atoms with van der Waals surface area (Å²) < 4.78 is 10.9. The Morgan fingerprint density at radius 2 is 0.933 bits per heavy atom. The maximum absolute atomic E-state index is 5.85. The summed E-state index contributed by atoms with van der Waals surface area (Å²) in [4.78, 5) is 0. The van der Waals surface area contributed by atoms with Gasteiger partial charge in [0.25, 0.3) is 0 Å². The fourth-order valence-electron chi connectivity index (χ4n) is 3.46. The molecule has 0 aromatic heterocycles. The van der Waals surface area contributed by atoms with Crippen LogP contribution in [-0.2, 0) is 32.1 Å². The summed E-state index contributed by atoms with van der Waals surface area (Å²) in [5, 5.41) is 0. The number of hydrogen-bond acceptors (Lipinski definition) is 2. The summed E-state index contributed by atoms with van der Waals surface area (Å²) in [6.45, 7) is 2.00. The van der Waals surface area contributed by atoms with Crippen molar-refractivity contribution in [3.63, 3.8) is 0 Å². The Bertz CT molecular complexity index is 674. The molecule has 0 bridgehead atoms. The van der Waals surface area contributed by atoms with Gasteiger partial charge in [-0.2, -0.15) is 0 Å². The van der Waals surface area contributed by atoms with E-state index in [1.165, 1.54) is 19.3 Å². The molecule has 160 valence electrons. The molecule has 0 spiro atoms. The number of halogens is 2. The van der Waals surface area contributed by atoms with Crippen LogP contribution in [0.15, 0.2) is 91.0 Å². The summed E-state index contributed by atoms with van der Waals surface area (Å²) in [7, 11) is 3.79. The van der Waals surface area contributed by atoms with Crippen LogP contribution in [0.2, 0.25) is 0 Å². The predicted octanol–water partition coefficient (Wildman–Crippen LogP) is -0.0209. The molecule has 5 heteroatoms. The van der Waals surface area contributed by atoms with Gasteiger partial charge in [-0.25, -0.2) is 7.11 Å². The van der Waals surface area contributed by atoms with Gasteiger partial charge in [-0.05, 0) is 36.0 Å². The zero-order valence-corrected chi connectivity index (χ0v) is 19.5. The smallest absolute Gasteiger partial charge is 1.00 e. The van der Waals surface area contributed by atoms with E-state index in [9.17, 15) is 0 Å². The van der Waals surface area contributed by atoms with E-state index in [1.807, 2.05) is 54.6 Å². The van der Waals surface area contributed by atoms with Crippen LogP contribution in [0, 0.1) is 7.11 Å². The summed E-state index contributed by atoms with van der Waals surface area (Å²) in [5.74, 6) is 0. The number of hydrogen-bond donors (Lipinski definition) is 0. The van der Waals surface area contributed by atoms with Crippen molar-refractivity contribution in [2.45, 2.75) is 24.9 Å². The quantitative estimate of drug-likeness (QED) is 0.294. The zero-order valence-electron chi connectivity index (χ0n) is 16.9. The molecule has 3 aromatic rings. The normalized spacial score (nSPS) is 12.7. The van der Waals surface area contributed by atoms with Crippen LogP contribution in [0.3, 0.4) is 0 Å². The van der Waals surface area contributed by atoms with Gasteiger partial charge in [-0.15, -0.1) is 0 Å². The van der Waals surface area contributed by atoms with Gasteiger partial charge < -0.3 is 34.3 Å². The van der Waals surface area contributed by atoms with Gasteiger partial charge in [0.1, 0.15) is 5.60 Å². The van der Waals surface area contributed by atoms with E-state index in [1.54, 1.807) is 0 Å². The molecule has 4 rings (SSSR count). The molecule has 1 saturated heterocycles. The average Bonchev–Trinajstić information content (AvgIpc) is 2.79. The summed E-state index contributed by atoms with van der Waals surface area (Å²) in [6, 6.07) is 30.6. The van der Waals surface area contributed by atoms with Crippen molar-refractivity contribution in [1.29, 1.82) is 0 Å². The fourth-order valence-corrected chi connectivity index (χ4v) is 3.46. The zero-order chi connectivity index (χ0) is 18.8. The van der Waals surface area contributed by atoms with E-state index in [0.717, 1.165) is 29.9 Å². The molecular formula is C25H27Cl2MnO2. The first kappa shape index (κ1) is 28.7. The number of benzene rings is 3. The predicted molar refractivity (Wildman–Crippen MR) is 110 cm³/mol. The minimum atomic E-state index is -0.691. The molecule has 0 radical (unpaired) electrons. The van der Waals surface area contributed by atoms with Crippen LogP contribution in [0.5, 0.6) is 0 Å². The second-order valence-electron chi connectivity index (χ2n) is 6.60. The molecule has 0 amide bonds. The molecule has 0 unspecified atom stereocenters. The van der Waals surface area contributed by atoms with Crippen molar-refractivity contribution in [3.05, 3.63) is 115 Å². The molecule has 2 nitrogen and oxygen atoms in total. The molecule has 1 aliphatic heterocycles. The van der Waals surface area contributed by atoms with E-state index >= 15 is 0 Å². The Kier molecular flexibility index (Phi) is 14.8. The second kappa shape index (κ2) is 15.5. The second-order valence-corrected chi connectivity index (χ2v) is 6.60. The molecule has 1 heterocycles. The number of ether oxygens (including phenoxy) is 2. The molecule has 1 fully saturated rings. The number of rotatable bonds is 4. The van der Waals surface area contributed by atoms with Gasteiger partial charge in [0, 0.05) is 13.2 Å². The summed E-state index contributed by atoms with van der Waals surface area (Å²) >= 11 is 0. The van der Waals surface area contributed by atoms with Crippen LogP contribution in [0.25, 0.3) is 0 Å². The van der Waals surface area contributed by atoms with E-state index < -0.39 is 5.60 Å². The maximum Gasteiger partial charge on any atom is 3.00 e. The maximum atomic E-state index is 5.85. The molecule has 0 aliphatic carbocycles. The van der Waals surface area contributed by atoms with Crippen LogP contribution in [0.4, 0.5) is 0 Å². The first-order chi connectivity index (χ1) is 13.4. The molecule has 0 saturated carbocycles. The Morgan fingerprint density at radius 3 is 1.13 bits per heavy atom.